The summed E-state index contributed by atoms with van der Waals surface area (Å²) >= 11 is 1.30. The Morgan fingerprint density at radius 3 is 2.85 bits per heavy atom. The van der Waals surface area contributed by atoms with Crippen molar-refractivity contribution in [1.29, 1.82) is 0 Å². The average Bonchev–Trinajstić information content (AvgIpc) is 3.14. The van der Waals surface area contributed by atoms with Crippen molar-refractivity contribution in [3.05, 3.63) is 11.9 Å². The van der Waals surface area contributed by atoms with Crippen molar-refractivity contribution in [3.63, 3.8) is 0 Å². The van der Waals surface area contributed by atoms with Crippen molar-refractivity contribution in [1.82, 2.24) is 14.5 Å². The van der Waals surface area contributed by atoms with E-state index in [9.17, 15) is 4.79 Å². The van der Waals surface area contributed by atoms with E-state index in [0.717, 1.165) is 24.3 Å². The van der Waals surface area contributed by atoms with Crippen LogP contribution in [0.25, 0.3) is 0 Å². The number of carbonyl (C=O) groups is 1. The molecule has 0 aliphatic heterocycles. The summed E-state index contributed by atoms with van der Waals surface area (Å²) in [7, 11) is 2.16. The lowest BCUT2D eigenvalue weighted by molar-refractivity contribution is -0.133. The number of likely N-dealkylation sites (N-methyl/N-ethyl adjacent to an activating group) is 1. The number of carboxylic acid groups (broad SMARTS) is 1. The Labute approximate surface area is 124 Å². The zero-order chi connectivity index (χ0) is 14.7. The predicted molar refractivity (Wildman–Crippen MR) is 80.3 cm³/mol. The largest absolute Gasteiger partial charge is 0.481 e. The smallest absolute Gasteiger partial charge is 0.313 e. The first-order chi connectivity index (χ1) is 9.49. The molecule has 0 atom stereocenters. The maximum Gasteiger partial charge on any atom is 0.313 e. The summed E-state index contributed by atoms with van der Waals surface area (Å²) in [5.41, 5.74) is 1.18. The zero-order valence-corrected chi connectivity index (χ0v) is 13.2. The van der Waals surface area contributed by atoms with Crippen LogP contribution in [0.4, 0.5) is 0 Å². The molecule has 0 amide bonds. The summed E-state index contributed by atoms with van der Waals surface area (Å²) in [6.07, 6.45) is 4.49. The lowest BCUT2D eigenvalue weighted by atomic mass is 10.1. The monoisotopic (exact) mass is 297 g/mol. The molecule has 1 aliphatic carbocycles. The molecule has 6 heteroatoms. The van der Waals surface area contributed by atoms with Gasteiger partial charge in [0, 0.05) is 31.0 Å². The number of carboxylic acids is 1. The molecule has 20 heavy (non-hydrogen) atoms. The number of aliphatic carboxylic acids is 1. The third-order valence-electron chi connectivity index (χ3n) is 3.61. The molecule has 1 N–H and O–H groups in total. The molecule has 1 aliphatic rings. The fourth-order valence-electron chi connectivity index (χ4n) is 2.25. The summed E-state index contributed by atoms with van der Waals surface area (Å²) < 4.78 is 2.18. The van der Waals surface area contributed by atoms with Gasteiger partial charge in [-0.05, 0) is 25.8 Å². The molecule has 1 saturated carbocycles. The standard InChI is InChI=1S/C14H23N3O2S/c1-10(2)12-8-15-14(20-9-13(18)19)17(12)7-6-16(3)11-4-5-11/h8,10-11H,4-7,9H2,1-3H3,(H,18,19). The van der Waals surface area contributed by atoms with Crippen molar-refractivity contribution in [2.24, 2.45) is 0 Å². The Bertz CT molecular complexity index is 469. The van der Waals surface area contributed by atoms with Gasteiger partial charge in [-0.3, -0.25) is 4.79 Å². The van der Waals surface area contributed by atoms with Crippen molar-refractivity contribution in [2.45, 2.75) is 50.4 Å². The molecular formula is C14H23N3O2S. The number of aromatic nitrogens is 2. The molecule has 0 aromatic carbocycles. The molecule has 0 bridgehead atoms. The van der Waals surface area contributed by atoms with Crippen LogP contribution in [-0.2, 0) is 11.3 Å². The fourth-order valence-corrected chi connectivity index (χ4v) is 2.99. The van der Waals surface area contributed by atoms with Gasteiger partial charge in [-0.1, -0.05) is 25.6 Å². The van der Waals surface area contributed by atoms with Crippen LogP contribution >= 0.6 is 11.8 Å². The third-order valence-corrected chi connectivity index (χ3v) is 4.59. The number of nitrogens with zero attached hydrogens (tertiary/aromatic N) is 3. The third kappa shape index (κ3) is 3.99. The Hall–Kier alpha value is -1.01. The van der Waals surface area contributed by atoms with Gasteiger partial charge in [-0.25, -0.2) is 4.98 Å². The van der Waals surface area contributed by atoms with Gasteiger partial charge >= 0.3 is 5.97 Å². The molecule has 1 fully saturated rings. The Balaban J connectivity index is 2.04. The quantitative estimate of drug-likeness (QED) is 0.746. The van der Waals surface area contributed by atoms with E-state index < -0.39 is 5.97 Å². The van der Waals surface area contributed by atoms with Gasteiger partial charge in [0.05, 0.1) is 5.75 Å². The molecule has 0 radical (unpaired) electrons. The van der Waals surface area contributed by atoms with Crippen molar-refractivity contribution in [3.8, 4) is 0 Å². The van der Waals surface area contributed by atoms with E-state index >= 15 is 0 Å². The second-order valence-corrected chi connectivity index (χ2v) is 6.61. The van der Waals surface area contributed by atoms with Crippen LogP contribution in [0.1, 0.15) is 38.3 Å². The molecule has 1 aromatic heterocycles. The minimum atomic E-state index is -0.800. The summed E-state index contributed by atoms with van der Waals surface area (Å²) in [4.78, 5) is 17.5. The maximum atomic E-state index is 10.7. The number of hydrogen-bond acceptors (Lipinski definition) is 4. The molecule has 112 valence electrons. The van der Waals surface area contributed by atoms with Crippen LogP contribution in [-0.4, -0.2) is 50.9 Å². The van der Waals surface area contributed by atoms with Gasteiger partial charge in [0.2, 0.25) is 0 Å². The van der Waals surface area contributed by atoms with Gasteiger partial charge in [0.25, 0.3) is 0 Å². The van der Waals surface area contributed by atoms with Crippen LogP contribution in [0, 0.1) is 0 Å². The zero-order valence-electron chi connectivity index (χ0n) is 12.4. The fraction of sp³-hybridized carbons (Fsp3) is 0.714. The van der Waals surface area contributed by atoms with Crippen LogP contribution in [0.15, 0.2) is 11.4 Å². The molecule has 1 aromatic rings. The highest BCUT2D eigenvalue weighted by atomic mass is 32.2. The molecular weight excluding hydrogens is 274 g/mol. The summed E-state index contributed by atoms with van der Waals surface area (Å²) in [6, 6.07) is 0.746. The predicted octanol–water partition coefficient (Wildman–Crippen LogP) is 2.28. The highest BCUT2D eigenvalue weighted by Gasteiger charge is 2.26. The van der Waals surface area contributed by atoms with E-state index in [4.69, 9.17) is 5.11 Å². The average molecular weight is 297 g/mol. The van der Waals surface area contributed by atoms with Gasteiger partial charge in [0.15, 0.2) is 5.16 Å². The maximum absolute atomic E-state index is 10.7. The SMILES string of the molecule is CC(C)c1cnc(SCC(=O)O)n1CCN(C)C1CC1. The second kappa shape index (κ2) is 6.63. The molecule has 0 unspecified atom stereocenters. The Kier molecular flexibility index (Phi) is 5.10. The number of hydrogen-bond donors (Lipinski definition) is 1. The van der Waals surface area contributed by atoms with Crippen LogP contribution in [0.2, 0.25) is 0 Å². The van der Waals surface area contributed by atoms with E-state index in [1.54, 1.807) is 0 Å². The first-order valence-electron chi connectivity index (χ1n) is 7.09. The van der Waals surface area contributed by atoms with Crippen LogP contribution < -0.4 is 0 Å². The minimum Gasteiger partial charge on any atom is -0.481 e. The van der Waals surface area contributed by atoms with Gasteiger partial charge in [-0.15, -0.1) is 0 Å². The van der Waals surface area contributed by atoms with E-state index in [2.05, 4.69) is 35.3 Å². The van der Waals surface area contributed by atoms with E-state index in [1.807, 2.05) is 6.20 Å². The normalized spacial score (nSPS) is 15.2. The molecule has 0 saturated heterocycles. The lowest BCUT2D eigenvalue weighted by Crippen LogP contribution is -2.26. The topological polar surface area (TPSA) is 58.4 Å². The molecule has 5 nitrogen and oxygen atoms in total. The van der Waals surface area contributed by atoms with Crippen LogP contribution in [0.3, 0.4) is 0 Å². The summed E-state index contributed by atoms with van der Waals surface area (Å²) in [6.45, 7) is 6.15. The van der Waals surface area contributed by atoms with Gasteiger partial charge < -0.3 is 14.6 Å². The Morgan fingerprint density at radius 1 is 1.60 bits per heavy atom. The highest BCUT2D eigenvalue weighted by molar-refractivity contribution is 7.99. The first-order valence-corrected chi connectivity index (χ1v) is 8.08. The Morgan fingerprint density at radius 2 is 2.30 bits per heavy atom. The van der Waals surface area contributed by atoms with E-state index in [1.165, 1.54) is 30.3 Å². The van der Waals surface area contributed by atoms with Crippen molar-refractivity contribution < 1.29 is 9.90 Å². The molecule has 0 spiro atoms. The molecule has 1 heterocycles. The van der Waals surface area contributed by atoms with Gasteiger partial charge in [0.1, 0.15) is 0 Å². The lowest BCUT2D eigenvalue weighted by Gasteiger charge is -2.19. The van der Waals surface area contributed by atoms with E-state index in [0.29, 0.717) is 5.92 Å². The number of imidazole rings is 1. The number of rotatable bonds is 8. The van der Waals surface area contributed by atoms with Crippen LogP contribution in [0.5, 0.6) is 0 Å². The summed E-state index contributed by atoms with van der Waals surface area (Å²) in [5.74, 6) is -0.342. The molecule has 2 rings (SSSR count). The van der Waals surface area contributed by atoms with E-state index in [-0.39, 0.29) is 5.75 Å². The first kappa shape index (κ1) is 15.4. The highest BCUT2D eigenvalue weighted by Crippen LogP contribution is 2.26. The van der Waals surface area contributed by atoms with Crippen molar-refractivity contribution in [2.75, 3.05) is 19.3 Å². The minimum absolute atomic E-state index is 0.0625. The number of thioether (sulfide) groups is 1. The second-order valence-electron chi connectivity index (χ2n) is 5.67. The van der Waals surface area contributed by atoms with Crippen molar-refractivity contribution >= 4 is 17.7 Å². The summed E-state index contributed by atoms with van der Waals surface area (Å²) in [5, 5.41) is 9.63. The van der Waals surface area contributed by atoms with Gasteiger partial charge in [-0.2, -0.15) is 0 Å².